The van der Waals surface area contributed by atoms with Crippen LogP contribution in [0, 0.1) is 13.8 Å². The minimum atomic E-state index is -0.223. The molecular weight excluding hydrogens is 178 g/mol. The van der Waals surface area contributed by atoms with Crippen molar-refractivity contribution in [2.75, 3.05) is 14.1 Å². The second-order valence-electron chi connectivity index (χ2n) is 3.77. The van der Waals surface area contributed by atoms with Gasteiger partial charge in [-0.05, 0) is 26.3 Å². The molecule has 0 saturated carbocycles. The fourth-order valence-electron chi connectivity index (χ4n) is 1.38. The summed E-state index contributed by atoms with van der Waals surface area (Å²) in [6.07, 6.45) is 1.79. The van der Waals surface area contributed by atoms with Gasteiger partial charge < -0.3 is 4.90 Å². The summed E-state index contributed by atoms with van der Waals surface area (Å²) in [4.78, 5) is 13.3. The molecule has 1 unspecified atom stereocenters. The molecule has 0 aliphatic carbocycles. The maximum absolute atomic E-state index is 11.7. The van der Waals surface area contributed by atoms with Crippen molar-refractivity contribution in [1.29, 1.82) is 0 Å². The molecule has 1 heterocycles. The molecule has 1 atom stereocenters. The average Bonchev–Trinajstić information content (AvgIpc) is 2.45. The van der Waals surface area contributed by atoms with Gasteiger partial charge in [0.05, 0.1) is 6.20 Å². The van der Waals surface area contributed by atoms with Gasteiger partial charge in [0.15, 0.2) is 0 Å². The van der Waals surface area contributed by atoms with E-state index in [0.717, 1.165) is 11.3 Å². The summed E-state index contributed by atoms with van der Waals surface area (Å²) in [5.41, 5.74) is 2.16. The Morgan fingerprint density at radius 1 is 1.50 bits per heavy atom. The number of likely N-dealkylation sites (N-methyl/N-ethyl adjacent to an activating group) is 1. The lowest BCUT2D eigenvalue weighted by Gasteiger charge is -2.18. The van der Waals surface area contributed by atoms with Crippen LogP contribution in [-0.2, 0) is 4.79 Å². The molecule has 1 amide bonds. The van der Waals surface area contributed by atoms with Crippen molar-refractivity contribution >= 4 is 5.91 Å². The van der Waals surface area contributed by atoms with E-state index >= 15 is 0 Å². The normalized spacial score (nSPS) is 12.6. The Labute approximate surface area is 84.5 Å². The molecular formula is C10H17N3O. The molecule has 0 saturated heterocycles. The zero-order valence-electron chi connectivity index (χ0n) is 9.40. The summed E-state index contributed by atoms with van der Waals surface area (Å²) in [7, 11) is 3.51. The van der Waals surface area contributed by atoms with Crippen molar-refractivity contribution in [3.63, 3.8) is 0 Å². The second-order valence-corrected chi connectivity index (χ2v) is 3.77. The third kappa shape index (κ3) is 1.78. The number of carbonyl (C=O) groups excluding carboxylic acids is 1. The van der Waals surface area contributed by atoms with Crippen LogP contribution in [0.25, 0.3) is 0 Å². The lowest BCUT2D eigenvalue weighted by molar-refractivity contribution is -0.132. The zero-order chi connectivity index (χ0) is 10.9. The molecule has 0 aliphatic rings. The number of carbonyl (C=O) groups is 1. The quantitative estimate of drug-likeness (QED) is 0.710. The highest BCUT2D eigenvalue weighted by atomic mass is 16.2. The molecule has 78 valence electrons. The van der Waals surface area contributed by atoms with E-state index in [2.05, 4.69) is 5.10 Å². The minimum Gasteiger partial charge on any atom is -0.347 e. The Kier molecular flexibility index (Phi) is 2.93. The molecule has 0 spiro atoms. The Balaban J connectivity index is 2.95. The first-order valence-corrected chi connectivity index (χ1v) is 4.67. The molecule has 0 aliphatic heterocycles. The highest BCUT2D eigenvalue weighted by Crippen LogP contribution is 2.13. The van der Waals surface area contributed by atoms with E-state index in [9.17, 15) is 4.79 Å². The maximum Gasteiger partial charge on any atom is 0.246 e. The molecule has 4 heteroatoms. The number of nitrogens with zero attached hydrogens (tertiary/aromatic N) is 3. The van der Waals surface area contributed by atoms with Crippen LogP contribution in [0.5, 0.6) is 0 Å². The molecule has 14 heavy (non-hydrogen) atoms. The van der Waals surface area contributed by atoms with Crippen LogP contribution in [0.15, 0.2) is 6.20 Å². The van der Waals surface area contributed by atoms with Crippen molar-refractivity contribution < 1.29 is 4.79 Å². The number of aryl methyl sites for hydroxylation is 1. The van der Waals surface area contributed by atoms with Crippen molar-refractivity contribution in [1.82, 2.24) is 14.7 Å². The van der Waals surface area contributed by atoms with E-state index in [-0.39, 0.29) is 11.9 Å². The van der Waals surface area contributed by atoms with Crippen LogP contribution in [0.2, 0.25) is 0 Å². The monoisotopic (exact) mass is 195 g/mol. The van der Waals surface area contributed by atoms with E-state index in [1.54, 1.807) is 29.9 Å². The standard InChI is InChI=1S/C10H17N3O/c1-7-6-11-13(8(7)2)9(3)10(14)12(4)5/h6,9H,1-5H3. The van der Waals surface area contributed by atoms with Crippen LogP contribution in [0.4, 0.5) is 0 Å². The van der Waals surface area contributed by atoms with Gasteiger partial charge in [0, 0.05) is 19.8 Å². The summed E-state index contributed by atoms with van der Waals surface area (Å²) >= 11 is 0. The van der Waals surface area contributed by atoms with Gasteiger partial charge in [-0.2, -0.15) is 5.10 Å². The Morgan fingerprint density at radius 2 is 2.07 bits per heavy atom. The molecule has 1 aromatic rings. The zero-order valence-corrected chi connectivity index (χ0v) is 9.40. The van der Waals surface area contributed by atoms with Crippen molar-refractivity contribution in [2.24, 2.45) is 0 Å². The molecule has 0 radical (unpaired) electrons. The van der Waals surface area contributed by atoms with Crippen LogP contribution in [0.1, 0.15) is 24.2 Å². The number of rotatable bonds is 2. The SMILES string of the molecule is Cc1cnn(C(C)C(=O)N(C)C)c1C. The van der Waals surface area contributed by atoms with Gasteiger partial charge >= 0.3 is 0 Å². The second kappa shape index (κ2) is 3.82. The average molecular weight is 195 g/mol. The van der Waals surface area contributed by atoms with Crippen LogP contribution >= 0.6 is 0 Å². The summed E-state index contributed by atoms with van der Waals surface area (Å²) in [5, 5.41) is 4.19. The molecule has 0 fully saturated rings. The van der Waals surface area contributed by atoms with Gasteiger partial charge in [-0.25, -0.2) is 0 Å². The molecule has 1 aromatic heterocycles. The number of amides is 1. The highest BCUT2D eigenvalue weighted by molar-refractivity contribution is 5.79. The first-order chi connectivity index (χ1) is 6.45. The van der Waals surface area contributed by atoms with E-state index in [4.69, 9.17) is 0 Å². The van der Waals surface area contributed by atoms with Crippen LogP contribution in [-0.4, -0.2) is 34.7 Å². The molecule has 0 N–H and O–H groups in total. The van der Waals surface area contributed by atoms with Crippen molar-refractivity contribution in [2.45, 2.75) is 26.8 Å². The summed E-state index contributed by atoms with van der Waals surface area (Å²) in [6, 6.07) is -0.223. The number of hydrogen-bond donors (Lipinski definition) is 0. The first kappa shape index (κ1) is 10.8. The van der Waals surface area contributed by atoms with Gasteiger partial charge in [0.25, 0.3) is 0 Å². The number of aromatic nitrogens is 2. The third-order valence-corrected chi connectivity index (χ3v) is 2.46. The third-order valence-electron chi connectivity index (χ3n) is 2.46. The van der Waals surface area contributed by atoms with Crippen molar-refractivity contribution in [3.8, 4) is 0 Å². The van der Waals surface area contributed by atoms with Gasteiger partial charge in [-0.15, -0.1) is 0 Å². The first-order valence-electron chi connectivity index (χ1n) is 4.67. The van der Waals surface area contributed by atoms with Gasteiger partial charge in [-0.3, -0.25) is 9.48 Å². The summed E-state index contributed by atoms with van der Waals surface area (Å²) in [5.74, 6) is 0.0659. The predicted molar refractivity (Wildman–Crippen MR) is 55.1 cm³/mol. The summed E-state index contributed by atoms with van der Waals surface area (Å²) in [6.45, 7) is 5.83. The number of hydrogen-bond acceptors (Lipinski definition) is 2. The summed E-state index contributed by atoms with van der Waals surface area (Å²) < 4.78 is 1.76. The molecule has 0 bridgehead atoms. The predicted octanol–water partition coefficient (Wildman–Crippen LogP) is 1.15. The highest BCUT2D eigenvalue weighted by Gasteiger charge is 2.19. The van der Waals surface area contributed by atoms with Gasteiger partial charge in [-0.1, -0.05) is 0 Å². The van der Waals surface area contributed by atoms with E-state index in [1.165, 1.54) is 0 Å². The largest absolute Gasteiger partial charge is 0.347 e. The minimum absolute atomic E-state index is 0.0659. The molecule has 0 aromatic carbocycles. The Hall–Kier alpha value is -1.32. The van der Waals surface area contributed by atoms with Crippen LogP contribution < -0.4 is 0 Å². The van der Waals surface area contributed by atoms with Gasteiger partial charge in [0.1, 0.15) is 6.04 Å². The van der Waals surface area contributed by atoms with E-state index in [1.807, 2.05) is 20.8 Å². The van der Waals surface area contributed by atoms with E-state index in [0.29, 0.717) is 0 Å². The lowest BCUT2D eigenvalue weighted by Crippen LogP contribution is -2.30. The lowest BCUT2D eigenvalue weighted by atomic mass is 10.2. The Bertz CT molecular complexity index is 341. The van der Waals surface area contributed by atoms with Crippen molar-refractivity contribution in [3.05, 3.63) is 17.5 Å². The maximum atomic E-state index is 11.7. The van der Waals surface area contributed by atoms with Crippen LogP contribution in [0.3, 0.4) is 0 Å². The molecule has 1 rings (SSSR count). The van der Waals surface area contributed by atoms with E-state index < -0.39 is 0 Å². The fourth-order valence-corrected chi connectivity index (χ4v) is 1.38. The topological polar surface area (TPSA) is 38.1 Å². The molecule has 4 nitrogen and oxygen atoms in total. The smallest absolute Gasteiger partial charge is 0.246 e. The Morgan fingerprint density at radius 3 is 2.43 bits per heavy atom. The van der Waals surface area contributed by atoms with Gasteiger partial charge in [0.2, 0.25) is 5.91 Å². The fraction of sp³-hybridized carbons (Fsp3) is 0.600.